The van der Waals surface area contributed by atoms with E-state index in [1.807, 2.05) is 6.92 Å². The van der Waals surface area contributed by atoms with Crippen LogP contribution in [0.5, 0.6) is 0 Å². The Balaban J connectivity index is 2.83. The first-order valence-corrected chi connectivity index (χ1v) is 6.22. The molecule has 1 unspecified atom stereocenters. The molecule has 0 spiro atoms. The highest BCUT2D eigenvalue weighted by Gasteiger charge is 2.14. The van der Waals surface area contributed by atoms with Gasteiger partial charge in [0.05, 0.1) is 35.7 Å². The second kappa shape index (κ2) is 6.87. The molecular formula is C14H21N3O. The van der Waals surface area contributed by atoms with Crippen LogP contribution in [0.1, 0.15) is 26.3 Å². The minimum absolute atomic E-state index is 0.182. The predicted molar refractivity (Wildman–Crippen MR) is 74.3 cm³/mol. The summed E-state index contributed by atoms with van der Waals surface area (Å²) in [4.78, 5) is 0. The zero-order chi connectivity index (χ0) is 13.5. The van der Waals surface area contributed by atoms with Crippen LogP contribution in [0.2, 0.25) is 0 Å². The maximum Gasteiger partial charge on any atom is 0.0992 e. The Labute approximate surface area is 109 Å². The number of nitrogens with zero attached hydrogens (tertiary/aromatic N) is 1. The highest BCUT2D eigenvalue weighted by atomic mass is 16.5. The van der Waals surface area contributed by atoms with Gasteiger partial charge < -0.3 is 15.8 Å². The van der Waals surface area contributed by atoms with E-state index in [1.54, 1.807) is 18.2 Å². The van der Waals surface area contributed by atoms with Crippen molar-refractivity contribution in [2.45, 2.75) is 26.8 Å². The number of nitrogens with one attached hydrogen (secondary N) is 1. The third-order valence-corrected chi connectivity index (χ3v) is 2.83. The zero-order valence-corrected chi connectivity index (χ0v) is 11.2. The molecule has 1 aromatic rings. The molecular weight excluding hydrogens is 226 g/mol. The third kappa shape index (κ3) is 3.94. The number of nitrogen functional groups attached to an aromatic ring is 1. The van der Waals surface area contributed by atoms with Gasteiger partial charge in [-0.2, -0.15) is 5.26 Å². The standard InChI is InChI=1S/C14H21N3O/c1-4-18-9-14(10(2)3)17-13-7-11(8-15)5-6-12(13)16/h5-7,10,14,17H,4,9,16H2,1-3H3. The maximum absolute atomic E-state index is 8.89. The third-order valence-electron chi connectivity index (χ3n) is 2.83. The number of nitriles is 1. The van der Waals surface area contributed by atoms with Gasteiger partial charge in [-0.25, -0.2) is 0 Å². The Kier molecular flexibility index (Phi) is 5.47. The van der Waals surface area contributed by atoms with Crippen LogP contribution in [0, 0.1) is 17.2 Å². The fourth-order valence-electron chi connectivity index (χ4n) is 1.60. The second-order valence-corrected chi connectivity index (χ2v) is 4.57. The molecule has 1 atom stereocenters. The molecule has 0 aliphatic carbocycles. The van der Waals surface area contributed by atoms with Gasteiger partial charge in [0, 0.05) is 6.61 Å². The van der Waals surface area contributed by atoms with Crippen LogP contribution in [0.15, 0.2) is 18.2 Å². The first-order chi connectivity index (χ1) is 8.58. The van der Waals surface area contributed by atoms with Crippen LogP contribution < -0.4 is 11.1 Å². The van der Waals surface area contributed by atoms with Crippen LogP contribution in [-0.2, 0) is 4.74 Å². The number of benzene rings is 1. The van der Waals surface area contributed by atoms with Crippen molar-refractivity contribution in [3.8, 4) is 6.07 Å². The summed E-state index contributed by atoms with van der Waals surface area (Å²) in [6.45, 7) is 7.55. The second-order valence-electron chi connectivity index (χ2n) is 4.57. The van der Waals surface area contributed by atoms with Gasteiger partial charge in [-0.05, 0) is 31.0 Å². The van der Waals surface area contributed by atoms with Crippen molar-refractivity contribution in [3.63, 3.8) is 0 Å². The van der Waals surface area contributed by atoms with Gasteiger partial charge >= 0.3 is 0 Å². The summed E-state index contributed by atoms with van der Waals surface area (Å²) >= 11 is 0. The van der Waals surface area contributed by atoms with E-state index in [1.165, 1.54) is 0 Å². The van der Waals surface area contributed by atoms with Crippen LogP contribution in [0.3, 0.4) is 0 Å². The fraction of sp³-hybridized carbons (Fsp3) is 0.500. The molecule has 0 saturated carbocycles. The SMILES string of the molecule is CCOCC(Nc1cc(C#N)ccc1N)C(C)C. The predicted octanol–water partition coefficient (Wildman–Crippen LogP) is 2.61. The number of hydrogen-bond acceptors (Lipinski definition) is 4. The van der Waals surface area contributed by atoms with Gasteiger partial charge in [0.2, 0.25) is 0 Å². The number of hydrogen-bond donors (Lipinski definition) is 2. The van der Waals surface area contributed by atoms with Gasteiger partial charge in [0.1, 0.15) is 0 Å². The summed E-state index contributed by atoms with van der Waals surface area (Å²) in [6, 6.07) is 7.53. The maximum atomic E-state index is 8.89. The largest absolute Gasteiger partial charge is 0.397 e. The minimum Gasteiger partial charge on any atom is -0.397 e. The van der Waals surface area contributed by atoms with E-state index >= 15 is 0 Å². The summed E-state index contributed by atoms with van der Waals surface area (Å²) in [5.41, 5.74) is 7.96. The molecule has 1 aromatic carbocycles. The number of anilines is 2. The van der Waals surface area contributed by atoms with Crippen molar-refractivity contribution in [1.82, 2.24) is 0 Å². The average molecular weight is 247 g/mol. The highest BCUT2D eigenvalue weighted by Crippen LogP contribution is 2.22. The molecule has 98 valence electrons. The van der Waals surface area contributed by atoms with E-state index in [0.717, 1.165) is 5.69 Å². The monoisotopic (exact) mass is 247 g/mol. The van der Waals surface area contributed by atoms with E-state index in [-0.39, 0.29) is 6.04 Å². The lowest BCUT2D eigenvalue weighted by molar-refractivity contribution is 0.127. The lowest BCUT2D eigenvalue weighted by atomic mass is 10.0. The van der Waals surface area contributed by atoms with E-state index in [2.05, 4.69) is 25.2 Å². The molecule has 4 heteroatoms. The lowest BCUT2D eigenvalue weighted by Crippen LogP contribution is -2.31. The summed E-state index contributed by atoms with van der Waals surface area (Å²) in [6.07, 6.45) is 0. The van der Waals surface area contributed by atoms with E-state index < -0.39 is 0 Å². The average Bonchev–Trinajstić information content (AvgIpc) is 2.36. The Morgan fingerprint density at radius 3 is 2.72 bits per heavy atom. The number of ether oxygens (including phenoxy) is 1. The Morgan fingerprint density at radius 1 is 1.44 bits per heavy atom. The van der Waals surface area contributed by atoms with Crippen LogP contribution in [0.25, 0.3) is 0 Å². The number of nitrogens with two attached hydrogens (primary N) is 1. The molecule has 0 aliphatic rings. The van der Waals surface area contributed by atoms with Crippen LogP contribution in [-0.4, -0.2) is 19.3 Å². The van der Waals surface area contributed by atoms with Crippen molar-refractivity contribution in [3.05, 3.63) is 23.8 Å². The lowest BCUT2D eigenvalue weighted by Gasteiger charge is -2.24. The van der Waals surface area contributed by atoms with Gasteiger partial charge in [-0.1, -0.05) is 13.8 Å². The molecule has 0 fully saturated rings. The van der Waals surface area contributed by atoms with Crippen molar-refractivity contribution < 1.29 is 4.74 Å². The molecule has 3 N–H and O–H groups in total. The van der Waals surface area contributed by atoms with Crippen molar-refractivity contribution in [2.75, 3.05) is 24.3 Å². The van der Waals surface area contributed by atoms with Crippen LogP contribution in [0.4, 0.5) is 11.4 Å². The molecule has 1 rings (SSSR count). The molecule has 0 amide bonds. The van der Waals surface area contributed by atoms with Crippen molar-refractivity contribution >= 4 is 11.4 Å². The smallest absolute Gasteiger partial charge is 0.0992 e. The zero-order valence-electron chi connectivity index (χ0n) is 11.2. The van der Waals surface area contributed by atoms with E-state index in [9.17, 15) is 0 Å². The Hall–Kier alpha value is -1.73. The molecule has 0 bridgehead atoms. The Bertz CT molecular complexity index is 424. The summed E-state index contributed by atoms with van der Waals surface area (Å²) < 4.78 is 5.46. The molecule has 18 heavy (non-hydrogen) atoms. The molecule has 0 radical (unpaired) electrons. The number of rotatable bonds is 6. The van der Waals surface area contributed by atoms with Crippen LogP contribution >= 0.6 is 0 Å². The van der Waals surface area contributed by atoms with Gasteiger partial charge in [-0.3, -0.25) is 0 Å². The Morgan fingerprint density at radius 2 is 2.17 bits per heavy atom. The summed E-state index contributed by atoms with van der Waals surface area (Å²) in [5.74, 6) is 0.418. The van der Waals surface area contributed by atoms with Gasteiger partial charge in [-0.15, -0.1) is 0 Å². The first-order valence-electron chi connectivity index (χ1n) is 6.22. The quantitative estimate of drug-likeness (QED) is 0.758. The van der Waals surface area contributed by atoms with Gasteiger partial charge in [0.25, 0.3) is 0 Å². The molecule has 4 nitrogen and oxygen atoms in total. The first kappa shape index (κ1) is 14.3. The van der Waals surface area contributed by atoms with Crippen molar-refractivity contribution in [1.29, 1.82) is 5.26 Å². The molecule has 0 heterocycles. The highest BCUT2D eigenvalue weighted by molar-refractivity contribution is 5.68. The minimum atomic E-state index is 0.182. The summed E-state index contributed by atoms with van der Waals surface area (Å²) in [5, 5.41) is 12.2. The van der Waals surface area contributed by atoms with Gasteiger partial charge in [0.15, 0.2) is 0 Å². The van der Waals surface area contributed by atoms with E-state index in [0.29, 0.717) is 30.4 Å². The molecule has 0 aliphatic heterocycles. The van der Waals surface area contributed by atoms with Crippen molar-refractivity contribution in [2.24, 2.45) is 5.92 Å². The molecule has 0 saturated heterocycles. The molecule has 0 aromatic heterocycles. The summed E-state index contributed by atoms with van der Waals surface area (Å²) in [7, 11) is 0. The normalized spacial score (nSPS) is 12.2. The topological polar surface area (TPSA) is 71.1 Å². The fourth-order valence-corrected chi connectivity index (χ4v) is 1.60. The van der Waals surface area contributed by atoms with E-state index in [4.69, 9.17) is 15.7 Å².